The zero-order chi connectivity index (χ0) is 15.6. The van der Waals surface area contributed by atoms with Crippen LogP contribution in [0.15, 0.2) is 50.3 Å². The number of thiophene rings is 3. The monoisotopic (exact) mass is 413 g/mol. The highest BCUT2D eigenvalue weighted by atomic mass is 79.9. The van der Waals surface area contributed by atoms with E-state index in [4.69, 9.17) is 0 Å². The van der Waals surface area contributed by atoms with Crippen molar-refractivity contribution in [1.29, 1.82) is 0 Å². The maximum absolute atomic E-state index is 12.2. The Labute approximate surface area is 148 Å². The molecular formula is C15H12BrNO2S3. The fourth-order valence-corrected chi connectivity index (χ4v) is 4.98. The number of nitrogens with one attached hydrogen (secondary N) is 1. The van der Waals surface area contributed by atoms with Gasteiger partial charge in [-0.2, -0.15) is 11.3 Å². The van der Waals surface area contributed by atoms with E-state index in [1.807, 2.05) is 39.7 Å². The van der Waals surface area contributed by atoms with Crippen LogP contribution in [0.1, 0.15) is 20.1 Å². The molecule has 22 heavy (non-hydrogen) atoms. The van der Waals surface area contributed by atoms with E-state index < -0.39 is 5.60 Å². The van der Waals surface area contributed by atoms with E-state index in [9.17, 15) is 9.90 Å². The summed E-state index contributed by atoms with van der Waals surface area (Å²) in [5.74, 6) is -0.180. The molecule has 3 nitrogen and oxygen atoms in total. The fraction of sp³-hybridized carbons (Fsp3) is 0.133. The van der Waals surface area contributed by atoms with Gasteiger partial charge in [0, 0.05) is 20.3 Å². The van der Waals surface area contributed by atoms with E-state index in [0.29, 0.717) is 4.88 Å². The van der Waals surface area contributed by atoms with Gasteiger partial charge in [0.1, 0.15) is 5.60 Å². The van der Waals surface area contributed by atoms with Gasteiger partial charge in [0.05, 0.1) is 11.4 Å². The smallest absolute Gasteiger partial charge is 0.261 e. The number of carbonyl (C=O) groups is 1. The topological polar surface area (TPSA) is 49.3 Å². The van der Waals surface area contributed by atoms with Gasteiger partial charge in [-0.15, -0.1) is 22.7 Å². The molecule has 1 atom stereocenters. The van der Waals surface area contributed by atoms with E-state index in [0.717, 1.165) is 14.9 Å². The summed E-state index contributed by atoms with van der Waals surface area (Å²) in [7, 11) is 0. The lowest BCUT2D eigenvalue weighted by Gasteiger charge is -2.26. The van der Waals surface area contributed by atoms with E-state index in [-0.39, 0.29) is 12.5 Å². The molecule has 0 radical (unpaired) electrons. The zero-order valence-corrected chi connectivity index (χ0v) is 15.3. The Hall–Kier alpha value is -0.990. The van der Waals surface area contributed by atoms with Gasteiger partial charge in [0.25, 0.3) is 5.91 Å². The molecule has 0 bridgehead atoms. The third-order valence-electron chi connectivity index (χ3n) is 3.22. The van der Waals surface area contributed by atoms with Crippen LogP contribution >= 0.6 is 49.9 Å². The molecule has 0 saturated heterocycles. The molecule has 0 aliphatic heterocycles. The SMILES string of the molecule is O=C(NC[C@](O)(c1ccsc1)c1cccs1)c1cc(Br)cs1. The molecule has 0 spiro atoms. The number of hydrogen-bond acceptors (Lipinski definition) is 5. The van der Waals surface area contributed by atoms with Gasteiger partial charge in [-0.1, -0.05) is 6.07 Å². The highest BCUT2D eigenvalue weighted by molar-refractivity contribution is 9.10. The predicted molar refractivity (Wildman–Crippen MR) is 96.0 cm³/mol. The second-order valence-corrected chi connectivity index (χ2v) is 8.22. The normalized spacial score (nSPS) is 13.7. The van der Waals surface area contributed by atoms with Crippen LogP contribution < -0.4 is 5.32 Å². The summed E-state index contributed by atoms with van der Waals surface area (Å²) in [6, 6.07) is 7.44. The minimum absolute atomic E-state index is 0.137. The first kappa shape index (κ1) is 15.9. The number of carbonyl (C=O) groups excluding carboxylic acids is 1. The van der Waals surface area contributed by atoms with E-state index >= 15 is 0 Å². The van der Waals surface area contributed by atoms with Crippen LogP contribution in [-0.4, -0.2) is 17.6 Å². The Morgan fingerprint density at radius 3 is 2.73 bits per heavy atom. The molecule has 1 amide bonds. The summed E-state index contributed by atoms with van der Waals surface area (Å²) >= 11 is 7.71. The van der Waals surface area contributed by atoms with Gasteiger partial charge in [-0.3, -0.25) is 4.79 Å². The second kappa shape index (κ2) is 6.64. The first-order chi connectivity index (χ1) is 10.6. The van der Waals surface area contributed by atoms with Gasteiger partial charge in [-0.05, 0) is 50.3 Å². The Balaban J connectivity index is 1.81. The van der Waals surface area contributed by atoms with Crippen molar-refractivity contribution in [2.45, 2.75) is 5.60 Å². The molecule has 3 rings (SSSR count). The molecule has 0 saturated carbocycles. The van der Waals surface area contributed by atoms with Crippen LogP contribution in [0.3, 0.4) is 0 Å². The third kappa shape index (κ3) is 3.18. The van der Waals surface area contributed by atoms with Crippen molar-refractivity contribution >= 4 is 55.8 Å². The van der Waals surface area contributed by atoms with Crippen LogP contribution in [0.25, 0.3) is 0 Å². The molecule has 3 aromatic heterocycles. The summed E-state index contributed by atoms with van der Waals surface area (Å²) in [5, 5.41) is 21.6. The van der Waals surface area contributed by atoms with Crippen molar-refractivity contribution < 1.29 is 9.90 Å². The Kier molecular flexibility index (Phi) is 4.79. The largest absolute Gasteiger partial charge is 0.378 e. The molecule has 7 heteroatoms. The summed E-state index contributed by atoms with van der Waals surface area (Å²) in [4.78, 5) is 13.7. The van der Waals surface area contributed by atoms with Crippen LogP contribution in [0.5, 0.6) is 0 Å². The quantitative estimate of drug-likeness (QED) is 0.654. The third-order valence-corrected chi connectivity index (χ3v) is 6.62. The number of rotatable bonds is 5. The number of halogens is 1. The standard InChI is InChI=1S/C15H12BrNO2S3/c16-11-6-12(22-8-11)14(18)17-9-15(19,10-3-5-20-7-10)13-2-1-4-21-13/h1-8,19H,9H2,(H,17,18)/t15-/m0/s1. The lowest BCUT2D eigenvalue weighted by Crippen LogP contribution is -2.40. The highest BCUT2D eigenvalue weighted by Crippen LogP contribution is 2.33. The van der Waals surface area contributed by atoms with Gasteiger partial charge < -0.3 is 10.4 Å². The molecule has 0 unspecified atom stereocenters. The summed E-state index contributed by atoms with van der Waals surface area (Å²) < 4.78 is 0.883. The van der Waals surface area contributed by atoms with Crippen molar-refractivity contribution in [3.05, 3.63) is 65.6 Å². The molecule has 3 aromatic rings. The van der Waals surface area contributed by atoms with E-state index in [1.54, 1.807) is 6.07 Å². The molecule has 0 aliphatic rings. The zero-order valence-electron chi connectivity index (χ0n) is 11.3. The van der Waals surface area contributed by atoms with Crippen LogP contribution in [0.2, 0.25) is 0 Å². The van der Waals surface area contributed by atoms with Gasteiger partial charge in [0.2, 0.25) is 0 Å². The Bertz CT molecular complexity index is 715. The summed E-state index contributed by atoms with van der Waals surface area (Å²) in [6.07, 6.45) is 0. The molecule has 0 aliphatic carbocycles. The average Bonchev–Trinajstić information content (AvgIpc) is 3.24. The van der Waals surface area contributed by atoms with Crippen LogP contribution in [-0.2, 0) is 5.60 Å². The lowest BCUT2D eigenvalue weighted by atomic mass is 9.94. The van der Waals surface area contributed by atoms with Gasteiger partial charge in [-0.25, -0.2) is 0 Å². The fourth-order valence-electron chi connectivity index (χ4n) is 2.07. The highest BCUT2D eigenvalue weighted by Gasteiger charge is 2.33. The first-order valence-corrected chi connectivity index (χ1v) is 9.90. The maximum Gasteiger partial charge on any atom is 0.261 e. The van der Waals surface area contributed by atoms with Gasteiger partial charge >= 0.3 is 0 Å². The molecule has 3 heterocycles. The number of aliphatic hydroxyl groups is 1. The molecule has 114 valence electrons. The van der Waals surface area contributed by atoms with E-state index in [2.05, 4.69) is 21.2 Å². The van der Waals surface area contributed by atoms with Crippen molar-refractivity contribution in [3.63, 3.8) is 0 Å². The molecule has 0 fully saturated rings. The minimum Gasteiger partial charge on any atom is -0.378 e. The van der Waals surface area contributed by atoms with Crippen molar-refractivity contribution in [2.24, 2.45) is 0 Å². The van der Waals surface area contributed by atoms with Crippen LogP contribution in [0, 0.1) is 0 Å². The number of hydrogen-bond donors (Lipinski definition) is 2. The lowest BCUT2D eigenvalue weighted by molar-refractivity contribution is 0.0723. The summed E-state index contributed by atoms with van der Waals surface area (Å²) in [6.45, 7) is 0.137. The minimum atomic E-state index is -1.20. The Morgan fingerprint density at radius 1 is 1.27 bits per heavy atom. The van der Waals surface area contributed by atoms with Crippen molar-refractivity contribution in [2.75, 3.05) is 6.54 Å². The molecular weight excluding hydrogens is 402 g/mol. The summed E-state index contributed by atoms with van der Waals surface area (Å²) in [5.41, 5.74) is -0.397. The molecule has 2 N–H and O–H groups in total. The number of amides is 1. The Morgan fingerprint density at radius 2 is 2.14 bits per heavy atom. The van der Waals surface area contributed by atoms with E-state index in [1.165, 1.54) is 34.0 Å². The predicted octanol–water partition coefficient (Wildman–Crippen LogP) is 4.30. The van der Waals surface area contributed by atoms with Crippen molar-refractivity contribution in [1.82, 2.24) is 5.32 Å². The van der Waals surface area contributed by atoms with Gasteiger partial charge in [0.15, 0.2) is 0 Å². The first-order valence-electron chi connectivity index (χ1n) is 6.41. The molecule has 0 aromatic carbocycles. The van der Waals surface area contributed by atoms with Crippen molar-refractivity contribution in [3.8, 4) is 0 Å². The second-order valence-electron chi connectivity index (χ2n) is 4.66. The average molecular weight is 414 g/mol. The van der Waals surface area contributed by atoms with Crippen LogP contribution in [0.4, 0.5) is 0 Å². The maximum atomic E-state index is 12.2.